The van der Waals surface area contributed by atoms with Crippen molar-refractivity contribution in [3.8, 4) is 5.88 Å². The van der Waals surface area contributed by atoms with Gasteiger partial charge in [-0.2, -0.15) is 13.2 Å². The molecule has 0 atom stereocenters. The van der Waals surface area contributed by atoms with Crippen LogP contribution in [0.1, 0.15) is 34.5 Å². The second-order valence-corrected chi connectivity index (χ2v) is 6.54. The van der Waals surface area contributed by atoms with Gasteiger partial charge in [-0.15, -0.1) is 0 Å². The molecule has 28 heavy (non-hydrogen) atoms. The molecule has 0 bridgehead atoms. The zero-order valence-electron chi connectivity index (χ0n) is 14.8. The molecule has 0 saturated heterocycles. The lowest BCUT2D eigenvalue weighted by atomic mass is 10.1. The maximum Gasteiger partial charge on any atom is 0.422 e. The molecule has 1 saturated carbocycles. The van der Waals surface area contributed by atoms with Crippen LogP contribution in [0.25, 0.3) is 0 Å². The predicted molar refractivity (Wildman–Crippen MR) is 92.6 cm³/mol. The molecule has 1 fully saturated rings. The Labute approximate surface area is 159 Å². The number of carbonyl (C=O) groups is 2. The van der Waals surface area contributed by atoms with E-state index < -0.39 is 12.8 Å². The first-order valence-corrected chi connectivity index (χ1v) is 8.70. The molecule has 1 N–H and O–H groups in total. The van der Waals surface area contributed by atoms with Crippen molar-refractivity contribution >= 4 is 11.7 Å². The standard InChI is InChI=1S/C19H18F3N3O3/c20-19(21,22)11-28-17-4-1-12(9-24-17)10-25-18(27)14-5-6-23-15(7-14)8-16(26)13-2-3-13/h1,4-7,9,13H,2-3,8,10-11H2,(H,25,27). The number of rotatable bonds is 8. The molecule has 1 aliphatic carbocycles. The van der Waals surface area contributed by atoms with Crippen LogP contribution in [0, 0.1) is 5.92 Å². The molecule has 1 aliphatic rings. The number of ketones is 1. The second-order valence-electron chi connectivity index (χ2n) is 6.54. The lowest BCUT2D eigenvalue weighted by molar-refractivity contribution is -0.154. The van der Waals surface area contributed by atoms with Gasteiger partial charge in [-0.3, -0.25) is 14.6 Å². The van der Waals surface area contributed by atoms with E-state index in [0.29, 0.717) is 16.8 Å². The number of alkyl halides is 3. The van der Waals surface area contributed by atoms with Crippen LogP contribution in [0.15, 0.2) is 36.7 Å². The summed E-state index contributed by atoms with van der Waals surface area (Å²) in [4.78, 5) is 32.1. The van der Waals surface area contributed by atoms with Crippen molar-refractivity contribution in [1.82, 2.24) is 15.3 Å². The highest BCUT2D eigenvalue weighted by atomic mass is 19.4. The van der Waals surface area contributed by atoms with Crippen LogP contribution in [-0.2, 0) is 17.8 Å². The average molecular weight is 393 g/mol. The lowest BCUT2D eigenvalue weighted by Crippen LogP contribution is -2.23. The van der Waals surface area contributed by atoms with Crippen LogP contribution in [0.3, 0.4) is 0 Å². The summed E-state index contributed by atoms with van der Waals surface area (Å²) in [5.41, 5.74) is 1.54. The Morgan fingerprint density at radius 2 is 1.96 bits per heavy atom. The lowest BCUT2D eigenvalue weighted by Gasteiger charge is -2.09. The molecule has 2 aromatic rings. The third-order valence-electron chi connectivity index (χ3n) is 4.10. The number of nitrogens with one attached hydrogen (secondary N) is 1. The summed E-state index contributed by atoms with van der Waals surface area (Å²) in [5.74, 6) is -0.217. The first-order chi connectivity index (χ1) is 13.3. The van der Waals surface area contributed by atoms with Gasteiger partial charge in [-0.25, -0.2) is 4.98 Å². The zero-order chi connectivity index (χ0) is 20.1. The molecule has 0 aliphatic heterocycles. The minimum absolute atomic E-state index is 0.134. The van der Waals surface area contributed by atoms with Gasteiger partial charge < -0.3 is 10.1 Å². The van der Waals surface area contributed by atoms with Crippen molar-refractivity contribution < 1.29 is 27.5 Å². The average Bonchev–Trinajstić information content (AvgIpc) is 3.50. The third-order valence-corrected chi connectivity index (χ3v) is 4.10. The van der Waals surface area contributed by atoms with Crippen molar-refractivity contribution in [1.29, 1.82) is 0 Å². The number of pyridine rings is 2. The van der Waals surface area contributed by atoms with E-state index in [1.54, 1.807) is 12.1 Å². The largest absolute Gasteiger partial charge is 0.468 e. The molecular weight excluding hydrogens is 375 g/mol. The fourth-order valence-corrected chi connectivity index (χ4v) is 2.49. The third kappa shape index (κ3) is 6.04. The van der Waals surface area contributed by atoms with E-state index in [2.05, 4.69) is 20.0 Å². The summed E-state index contributed by atoms with van der Waals surface area (Å²) in [5, 5.41) is 2.69. The summed E-state index contributed by atoms with van der Waals surface area (Å²) in [6, 6.07) is 5.96. The van der Waals surface area contributed by atoms with Gasteiger partial charge >= 0.3 is 6.18 Å². The Morgan fingerprint density at radius 3 is 2.61 bits per heavy atom. The van der Waals surface area contributed by atoms with Crippen LogP contribution in [-0.4, -0.2) is 34.4 Å². The Hall–Kier alpha value is -2.97. The number of halogens is 3. The molecular formula is C19H18F3N3O3. The molecule has 2 heterocycles. The van der Waals surface area contributed by atoms with Crippen molar-refractivity contribution in [2.24, 2.45) is 5.92 Å². The Morgan fingerprint density at radius 1 is 1.18 bits per heavy atom. The number of ether oxygens (including phenoxy) is 1. The van der Waals surface area contributed by atoms with Crippen molar-refractivity contribution in [2.75, 3.05) is 6.61 Å². The number of nitrogens with zero attached hydrogens (tertiary/aromatic N) is 2. The van der Waals surface area contributed by atoms with Crippen molar-refractivity contribution in [3.05, 3.63) is 53.5 Å². The Kier molecular flexibility index (Phi) is 5.91. The fourth-order valence-electron chi connectivity index (χ4n) is 2.49. The number of Topliss-reactive ketones (excluding diaryl/α,β-unsaturated/α-hetero) is 1. The minimum Gasteiger partial charge on any atom is -0.468 e. The second kappa shape index (κ2) is 8.37. The van der Waals surface area contributed by atoms with E-state index in [1.807, 2.05) is 0 Å². The van der Waals surface area contributed by atoms with E-state index in [-0.39, 0.29) is 36.5 Å². The molecule has 2 aromatic heterocycles. The number of hydrogen-bond acceptors (Lipinski definition) is 5. The first kappa shape index (κ1) is 19.8. The fraction of sp³-hybridized carbons (Fsp3) is 0.368. The van der Waals surface area contributed by atoms with Gasteiger partial charge in [0.1, 0.15) is 5.78 Å². The molecule has 0 aromatic carbocycles. The molecule has 0 spiro atoms. The number of carbonyl (C=O) groups excluding carboxylic acids is 2. The number of hydrogen-bond donors (Lipinski definition) is 1. The highest BCUT2D eigenvalue weighted by Crippen LogP contribution is 2.30. The molecule has 6 nitrogen and oxygen atoms in total. The van der Waals surface area contributed by atoms with Crippen LogP contribution in [0.2, 0.25) is 0 Å². The topological polar surface area (TPSA) is 81.2 Å². The molecule has 9 heteroatoms. The SMILES string of the molecule is O=C(NCc1ccc(OCC(F)(F)F)nc1)c1ccnc(CC(=O)C2CC2)c1. The summed E-state index contributed by atoms with van der Waals surface area (Å²) >= 11 is 0. The highest BCUT2D eigenvalue weighted by Gasteiger charge is 2.29. The maximum absolute atomic E-state index is 12.3. The van der Waals surface area contributed by atoms with Gasteiger partial charge in [-0.1, -0.05) is 6.07 Å². The minimum atomic E-state index is -4.43. The smallest absolute Gasteiger partial charge is 0.422 e. The van der Waals surface area contributed by atoms with Crippen LogP contribution >= 0.6 is 0 Å². The Bertz CT molecular complexity index is 849. The number of aromatic nitrogens is 2. The first-order valence-electron chi connectivity index (χ1n) is 8.70. The molecule has 148 valence electrons. The normalized spacial score (nSPS) is 13.8. The van der Waals surface area contributed by atoms with Gasteiger partial charge in [-0.05, 0) is 30.5 Å². The van der Waals surface area contributed by atoms with Gasteiger partial charge in [0.05, 0.1) is 0 Å². The van der Waals surface area contributed by atoms with Gasteiger partial charge in [0.25, 0.3) is 5.91 Å². The van der Waals surface area contributed by atoms with Crippen molar-refractivity contribution in [2.45, 2.75) is 32.0 Å². The summed E-state index contributed by atoms with van der Waals surface area (Å²) in [7, 11) is 0. The van der Waals surface area contributed by atoms with E-state index >= 15 is 0 Å². The summed E-state index contributed by atoms with van der Waals surface area (Å²) in [6.07, 6.45) is 0.452. The van der Waals surface area contributed by atoms with E-state index in [4.69, 9.17) is 0 Å². The van der Waals surface area contributed by atoms with Gasteiger partial charge in [0.2, 0.25) is 5.88 Å². The predicted octanol–water partition coefficient (Wildman–Crippen LogP) is 2.87. The summed E-state index contributed by atoms with van der Waals surface area (Å²) < 4.78 is 40.9. The maximum atomic E-state index is 12.3. The quantitative estimate of drug-likeness (QED) is 0.746. The molecule has 0 unspecified atom stereocenters. The van der Waals surface area contributed by atoms with Crippen LogP contribution in [0.4, 0.5) is 13.2 Å². The molecule has 1 amide bonds. The monoisotopic (exact) mass is 393 g/mol. The van der Waals surface area contributed by atoms with Gasteiger partial charge in [0, 0.05) is 48.6 Å². The zero-order valence-corrected chi connectivity index (χ0v) is 14.8. The molecule has 0 radical (unpaired) electrons. The number of amides is 1. The van der Waals surface area contributed by atoms with Gasteiger partial charge in [0.15, 0.2) is 6.61 Å². The summed E-state index contributed by atoms with van der Waals surface area (Å²) in [6.45, 7) is -1.27. The van der Waals surface area contributed by atoms with Crippen molar-refractivity contribution in [3.63, 3.8) is 0 Å². The van der Waals surface area contributed by atoms with E-state index in [1.165, 1.54) is 24.5 Å². The molecule has 3 rings (SSSR count). The highest BCUT2D eigenvalue weighted by molar-refractivity contribution is 5.94. The van der Waals surface area contributed by atoms with Crippen LogP contribution < -0.4 is 10.1 Å². The van der Waals surface area contributed by atoms with Crippen LogP contribution in [0.5, 0.6) is 5.88 Å². The van der Waals surface area contributed by atoms with E-state index in [0.717, 1.165) is 12.8 Å². The Balaban J connectivity index is 1.51. The van der Waals surface area contributed by atoms with E-state index in [9.17, 15) is 22.8 Å².